The normalized spacial score (nSPS) is 20.3. The van der Waals surface area contributed by atoms with Crippen LogP contribution in [-0.2, 0) is 24.6 Å². The number of rotatable bonds is 2. The van der Waals surface area contributed by atoms with E-state index >= 15 is 0 Å². The van der Waals surface area contributed by atoms with Crippen molar-refractivity contribution in [1.82, 2.24) is 9.80 Å². The van der Waals surface area contributed by atoms with E-state index in [2.05, 4.69) is 28.7 Å². The number of nitriles is 1. The standard InChI is InChI=1S/C29H20N6O4S3/c1-11-13(10-30)25(36)34(6)27(38)20(11)33-17-9-15-23(42-17)18-24(40-15)22-14(29(18,3)4)8-16(41-22)32-21-12(2)19(31-5)26(37)35(7)28(21)39/h8-9H,1-4,6-7H3. The smallest absolute Gasteiger partial charge is 0.279 e. The highest BCUT2D eigenvalue weighted by Crippen LogP contribution is 2.61. The third-order valence-corrected chi connectivity index (χ3v) is 11.2. The first-order chi connectivity index (χ1) is 19.8. The van der Waals surface area contributed by atoms with E-state index in [9.17, 15) is 24.4 Å². The summed E-state index contributed by atoms with van der Waals surface area (Å²) in [6, 6.07) is 5.76. The highest BCUT2D eigenvalue weighted by molar-refractivity contribution is 7.33. The molecule has 0 saturated heterocycles. The average molecular weight is 613 g/mol. The summed E-state index contributed by atoms with van der Waals surface area (Å²) in [5.41, 5.74) is 2.34. The fraction of sp³-hybridized carbons (Fsp3) is 0.241. The van der Waals surface area contributed by atoms with Gasteiger partial charge in [-0.05, 0) is 42.7 Å². The molecule has 3 aromatic rings. The summed E-state index contributed by atoms with van der Waals surface area (Å²) in [5.74, 6) is -2.34. The van der Waals surface area contributed by atoms with Gasteiger partial charge in [-0.15, -0.1) is 34.0 Å². The maximum absolute atomic E-state index is 12.9. The zero-order chi connectivity index (χ0) is 30.4. The predicted molar refractivity (Wildman–Crippen MR) is 163 cm³/mol. The van der Waals surface area contributed by atoms with Gasteiger partial charge in [-0.3, -0.25) is 29.0 Å². The molecule has 0 unspecified atom stereocenters. The van der Waals surface area contributed by atoms with Gasteiger partial charge in [0.15, 0.2) is 0 Å². The van der Waals surface area contributed by atoms with E-state index in [4.69, 9.17) is 6.57 Å². The first-order valence-corrected chi connectivity index (χ1v) is 15.0. The van der Waals surface area contributed by atoms with Gasteiger partial charge >= 0.3 is 0 Å². The molecule has 208 valence electrons. The zero-order valence-corrected chi connectivity index (χ0v) is 25.6. The first kappa shape index (κ1) is 27.6. The third kappa shape index (κ3) is 3.64. The van der Waals surface area contributed by atoms with Crippen molar-refractivity contribution in [3.63, 3.8) is 0 Å². The Labute approximate surface area is 252 Å². The van der Waals surface area contributed by atoms with E-state index in [1.54, 1.807) is 25.2 Å². The topological polar surface area (TPSA) is 128 Å². The van der Waals surface area contributed by atoms with Crippen LogP contribution in [-0.4, -0.2) is 58.9 Å². The molecule has 0 saturated carbocycles. The van der Waals surface area contributed by atoms with Crippen molar-refractivity contribution in [3.8, 4) is 15.8 Å². The van der Waals surface area contributed by atoms with Crippen LogP contribution in [0.1, 0.15) is 38.8 Å². The summed E-state index contributed by atoms with van der Waals surface area (Å²) in [4.78, 5) is 66.8. The van der Waals surface area contributed by atoms with Crippen LogP contribution in [0.2, 0.25) is 0 Å². The van der Waals surface area contributed by atoms with Crippen LogP contribution in [0.25, 0.3) is 24.0 Å². The Bertz CT molecular complexity index is 2070. The number of amides is 4. The lowest BCUT2D eigenvalue weighted by molar-refractivity contribution is -0.138. The summed E-state index contributed by atoms with van der Waals surface area (Å²) in [7, 11) is 2.69. The molecule has 0 aromatic carbocycles. The molecule has 1 aliphatic carbocycles. The Morgan fingerprint density at radius 2 is 1.45 bits per heavy atom. The van der Waals surface area contributed by atoms with Gasteiger partial charge in [-0.2, -0.15) is 5.26 Å². The Hall–Kier alpha value is -4.56. The van der Waals surface area contributed by atoms with Crippen molar-refractivity contribution in [2.45, 2.75) is 33.1 Å². The maximum atomic E-state index is 12.9. The summed E-state index contributed by atoms with van der Waals surface area (Å²) >= 11 is 4.52. The molecule has 4 amide bonds. The summed E-state index contributed by atoms with van der Waals surface area (Å²) in [6.07, 6.45) is 0. The molecule has 0 N–H and O–H groups in total. The molecule has 10 nitrogen and oxygen atoms in total. The monoisotopic (exact) mass is 612 g/mol. The maximum Gasteiger partial charge on any atom is 0.279 e. The molecule has 0 atom stereocenters. The van der Waals surface area contributed by atoms with Crippen LogP contribution in [0, 0.1) is 17.9 Å². The lowest BCUT2D eigenvalue weighted by atomic mass is 9.84. The fourth-order valence-corrected chi connectivity index (χ4v) is 9.48. The molecule has 0 spiro atoms. The van der Waals surface area contributed by atoms with Crippen LogP contribution >= 0.6 is 34.0 Å². The van der Waals surface area contributed by atoms with Gasteiger partial charge in [-0.25, -0.2) is 14.8 Å². The van der Waals surface area contributed by atoms with Gasteiger partial charge in [-0.1, -0.05) is 13.8 Å². The Kier molecular flexibility index (Phi) is 6.06. The summed E-state index contributed by atoms with van der Waals surface area (Å²) in [6.45, 7) is 14.8. The lowest BCUT2D eigenvalue weighted by Crippen LogP contribution is -2.44. The quantitative estimate of drug-likeness (QED) is 0.279. The second-order valence-electron chi connectivity index (χ2n) is 10.5. The number of hydrogen-bond acceptors (Lipinski definition) is 10. The van der Waals surface area contributed by atoms with E-state index < -0.39 is 23.6 Å². The summed E-state index contributed by atoms with van der Waals surface area (Å²) in [5, 5.41) is 10.7. The van der Waals surface area contributed by atoms with Crippen molar-refractivity contribution in [1.29, 1.82) is 5.26 Å². The van der Waals surface area contributed by atoms with Crippen molar-refractivity contribution in [2.75, 3.05) is 14.1 Å². The van der Waals surface area contributed by atoms with Gasteiger partial charge in [0.25, 0.3) is 29.3 Å². The van der Waals surface area contributed by atoms with Crippen LogP contribution in [0.15, 0.2) is 44.5 Å². The van der Waals surface area contributed by atoms with E-state index in [1.165, 1.54) is 36.8 Å². The van der Waals surface area contributed by atoms with Crippen LogP contribution in [0.3, 0.4) is 0 Å². The lowest BCUT2D eigenvalue weighted by Gasteiger charge is -2.22. The van der Waals surface area contributed by atoms with Crippen LogP contribution in [0.5, 0.6) is 0 Å². The van der Waals surface area contributed by atoms with E-state index in [0.29, 0.717) is 10.0 Å². The molecule has 2 aliphatic heterocycles. The highest BCUT2D eigenvalue weighted by Gasteiger charge is 2.42. The number of imide groups is 2. The number of hydrogen-bond donors (Lipinski definition) is 0. The first-order valence-electron chi connectivity index (χ1n) is 12.6. The zero-order valence-electron chi connectivity index (χ0n) is 23.2. The van der Waals surface area contributed by atoms with Gasteiger partial charge in [0.2, 0.25) is 0 Å². The predicted octanol–water partition coefficient (Wildman–Crippen LogP) is 5.51. The molecule has 3 aromatic heterocycles. The third-order valence-electron chi connectivity index (χ3n) is 7.72. The van der Waals surface area contributed by atoms with Crippen molar-refractivity contribution in [3.05, 3.63) is 57.1 Å². The average Bonchev–Trinajstić information content (AvgIpc) is 3.67. The molecule has 13 heteroatoms. The van der Waals surface area contributed by atoms with Crippen LogP contribution < -0.4 is 0 Å². The van der Waals surface area contributed by atoms with Gasteiger partial charge in [0, 0.05) is 29.8 Å². The van der Waals surface area contributed by atoms with Gasteiger partial charge < -0.3 is 0 Å². The van der Waals surface area contributed by atoms with Gasteiger partial charge in [0.05, 0.1) is 21.0 Å². The molecule has 3 aliphatic rings. The van der Waals surface area contributed by atoms with E-state index in [0.717, 1.165) is 40.1 Å². The minimum Gasteiger partial charge on any atom is -0.286 e. The highest BCUT2D eigenvalue weighted by atomic mass is 32.1. The number of aliphatic imine (C=N–C) groups is 2. The second-order valence-corrected chi connectivity index (χ2v) is 13.6. The molecule has 0 fully saturated rings. The minimum absolute atomic E-state index is 0.0802. The largest absolute Gasteiger partial charge is 0.286 e. The molecule has 0 bridgehead atoms. The molecule has 5 heterocycles. The number of fused-ring (bicyclic) bond motifs is 5. The van der Waals surface area contributed by atoms with Crippen molar-refractivity contribution < 1.29 is 19.2 Å². The van der Waals surface area contributed by atoms with Crippen LogP contribution in [0.4, 0.5) is 10.0 Å². The summed E-state index contributed by atoms with van der Waals surface area (Å²) < 4.78 is 2.05. The number of likely N-dealkylation sites (N-methyl/N-ethyl adjacent to an activating group) is 2. The van der Waals surface area contributed by atoms with Crippen molar-refractivity contribution in [2.24, 2.45) is 9.98 Å². The molecule has 42 heavy (non-hydrogen) atoms. The fourth-order valence-electron chi connectivity index (χ4n) is 5.31. The SMILES string of the molecule is [C-]#[N+]C1=C(C)C(=Nc2cc3c(s2)-c2sc4cc(N=C5C(=O)N(C)C(=O)C(C#N)=C5C)sc4c2C3(C)C)C(=O)N(C)C1=O. The molecule has 6 rings (SSSR count). The van der Waals surface area contributed by atoms with E-state index in [1.807, 2.05) is 18.2 Å². The number of nitrogens with zero attached hydrogens (tertiary/aromatic N) is 6. The Morgan fingerprint density at radius 1 is 0.857 bits per heavy atom. The molecular weight excluding hydrogens is 593 g/mol. The molecule has 0 radical (unpaired) electrons. The Morgan fingerprint density at radius 3 is 2.07 bits per heavy atom. The molecular formula is C29H20N6O4S3. The number of carbonyl (C=O) groups excluding carboxylic acids is 4. The second kappa shape index (κ2) is 9.22. The van der Waals surface area contributed by atoms with E-state index in [-0.39, 0.29) is 39.3 Å². The number of thiophene rings is 3. The Balaban J connectivity index is 1.43. The van der Waals surface area contributed by atoms with Crippen molar-refractivity contribution >= 4 is 88.5 Å². The van der Waals surface area contributed by atoms with Gasteiger partial charge in [0.1, 0.15) is 33.1 Å². The minimum atomic E-state index is -0.632. The number of carbonyl (C=O) groups is 4.